The lowest BCUT2D eigenvalue weighted by Gasteiger charge is -2.03. The molecule has 6 heteroatoms. The SMILES string of the molecule is OCC(O)c1ccc(C(F)(F)F)o1. The molecular weight excluding hydrogens is 189 g/mol. The van der Waals surface area contributed by atoms with Crippen molar-refractivity contribution in [2.75, 3.05) is 6.61 Å². The predicted molar refractivity (Wildman–Crippen MR) is 35.8 cm³/mol. The molecule has 0 aliphatic heterocycles. The van der Waals surface area contributed by atoms with Gasteiger partial charge in [0.05, 0.1) is 6.61 Å². The highest BCUT2D eigenvalue weighted by atomic mass is 19.4. The molecule has 3 nitrogen and oxygen atoms in total. The van der Waals surface area contributed by atoms with Gasteiger partial charge >= 0.3 is 6.18 Å². The van der Waals surface area contributed by atoms with Gasteiger partial charge in [0.2, 0.25) is 5.76 Å². The third kappa shape index (κ3) is 2.22. The second-order valence-corrected chi connectivity index (χ2v) is 2.40. The number of halogens is 3. The number of hydrogen-bond acceptors (Lipinski definition) is 3. The van der Waals surface area contributed by atoms with Crippen molar-refractivity contribution < 1.29 is 27.8 Å². The van der Waals surface area contributed by atoms with Crippen LogP contribution in [-0.4, -0.2) is 16.8 Å². The van der Waals surface area contributed by atoms with Crippen LogP contribution in [0.15, 0.2) is 16.5 Å². The molecule has 1 atom stereocenters. The van der Waals surface area contributed by atoms with Crippen LogP contribution in [0.5, 0.6) is 0 Å². The van der Waals surface area contributed by atoms with Crippen LogP contribution in [-0.2, 0) is 6.18 Å². The van der Waals surface area contributed by atoms with E-state index >= 15 is 0 Å². The first-order valence-corrected chi connectivity index (χ1v) is 3.41. The zero-order valence-corrected chi connectivity index (χ0v) is 6.38. The van der Waals surface area contributed by atoms with Gasteiger partial charge in [-0.15, -0.1) is 0 Å². The molecule has 2 N–H and O–H groups in total. The van der Waals surface area contributed by atoms with E-state index < -0.39 is 24.6 Å². The number of hydrogen-bond donors (Lipinski definition) is 2. The smallest absolute Gasteiger partial charge is 0.449 e. The summed E-state index contributed by atoms with van der Waals surface area (Å²) in [6.07, 6.45) is -5.97. The van der Waals surface area contributed by atoms with Crippen LogP contribution in [0, 0.1) is 0 Å². The molecule has 1 aromatic rings. The van der Waals surface area contributed by atoms with Crippen molar-refractivity contribution >= 4 is 0 Å². The van der Waals surface area contributed by atoms with Gasteiger partial charge in [-0.25, -0.2) is 0 Å². The van der Waals surface area contributed by atoms with Crippen LogP contribution in [0.1, 0.15) is 17.6 Å². The summed E-state index contributed by atoms with van der Waals surface area (Å²) in [5.41, 5.74) is 0. The highest BCUT2D eigenvalue weighted by molar-refractivity contribution is 5.11. The molecule has 0 fully saturated rings. The van der Waals surface area contributed by atoms with E-state index in [1.54, 1.807) is 0 Å². The van der Waals surface area contributed by atoms with Crippen LogP contribution in [0.2, 0.25) is 0 Å². The Morgan fingerprint density at radius 3 is 2.38 bits per heavy atom. The average Bonchev–Trinajstić information content (AvgIpc) is 2.50. The molecule has 1 rings (SSSR count). The van der Waals surface area contributed by atoms with Gasteiger partial charge in [-0.3, -0.25) is 0 Å². The first-order chi connectivity index (χ1) is 5.95. The largest absolute Gasteiger partial charge is 0.454 e. The Balaban J connectivity index is 2.87. The maximum atomic E-state index is 11.9. The number of aliphatic hydroxyl groups is 2. The highest BCUT2D eigenvalue weighted by Crippen LogP contribution is 2.31. The Kier molecular flexibility index (Phi) is 2.63. The third-order valence-electron chi connectivity index (χ3n) is 1.41. The quantitative estimate of drug-likeness (QED) is 0.750. The minimum Gasteiger partial charge on any atom is -0.454 e. The molecule has 13 heavy (non-hydrogen) atoms. The molecule has 0 amide bonds. The molecular formula is C7H7F3O3. The lowest BCUT2D eigenvalue weighted by Crippen LogP contribution is -2.03. The van der Waals surface area contributed by atoms with E-state index in [4.69, 9.17) is 10.2 Å². The van der Waals surface area contributed by atoms with Gasteiger partial charge in [0.25, 0.3) is 0 Å². The van der Waals surface area contributed by atoms with Crippen molar-refractivity contribution in [1.29, 1.82) is 0 Å². The molecule has 1 aromatic heterocycles. The van der Waals surface area contributed by atoms with E-state index in [-0.39, 0.29) is 5.76 Å². The summed E-state index contributed by atoms with van der Waals surface area (Å²) in [4.78, 5) is 0. The Bertz CT molecular complexity index is 279. The molecule has 0 aliphatic rings. The van der Waals surface area contributed by atoms with E-state index in [9.17, 15) is 13.2 Å². The van der Waals surface area contributed by atoms with Gasteiger partial charge in [0.15, 0.2) is 0 Å². The standard InChI is InChI=1S/C7H7F3O3/c8-7(9,10)6-2-1-5(13-6)4(12)3-11/h1-2,4,11-12H,3H2. The van der Waals surface area contributed by atoms with Gasteiger partial charge in [0.1, 0.15) is 11.9 Å². The van der Waals surface area contributed by atoms with Crippen LogP contribution in [0.25, 0.3) is 0 Å². The van der Waals surface area contributed by atoms with Crippen LogP contribution in [0.3, 0.4) is 0 Å². The lowest BCUT2D eigenvalue weighted by atomic mass is 10.3. The average molecular weight is 196 g/mol. The van der Waals surface area contributed by atoms with Gasteiger partial charge in [-0.05, 0) is 12.1 Å². The van der Waals surface area contributed by atoms with Gasteiger partial charge < -0.3 is 14.6 Å². The number of alkyl halides is 3. The molecule has 0 bridgehead atoms. The van der Waals surface area contributed by atoms with Crippen LogP contribution in [0.4, 0.5) is 13.2 Å². The van der Waals surface area contributed by atoms with E-state index in [2.05, 4.69) is 4.42 Å². The summed E-state index contributed by atoms with van der Waals surface area (Å²) in [6, 6.07) is 1.68. The molecule has 0 radical (unpaired) electrons. The minimum absolute atomic E-state index is 0.296. The van der Waals surface area contributed by atoms with E-state index in [0.717, 1.165) is 6.07 Å². The number of furan rings is 1. The maximum absolute atomic E-state index is 11.9. The molecule has 0 saturated carbocycles. The van der Waals surface area contributed by atoms with Crippen molar-refractivity contribution in [3.63, 3.8) is 0 Å². The summed E-state index contributed by atoms with van der Waals surface area (Å²) in [5.74, 6) is -1.48. The summed E-state index contributed by atoms with van der Waals surface area (Å²) >= 11 is 0. The molecule has 1 unspecified atom stereocenters. The van der Waals surface area contributed by atoms with E-state index in [1.165, 1.54) is 0 Å². The minimum atomic E-state index is -4.56. The highest BCUT2D eigenvalue weighted by Gasteiger charge is 2.35. The number of aliphatic hydroxyl groups excluding tert-OH is 2. The first-order valence-electron chi connectivity index (χ1n) is 3.41. The van der Waals surface area contributed by atoms with Crippen molar-refractivity contribution in [3.05, 3.63) is 23.7 Å². The summed E-state index contributed by atoms with van der Waals surface area (Å²) < 4.78 is 40.1. The van der Waals surface area contributed by atoms with Gasteiger partial charge in [0, 0.05) is 0 Å². The normalized spacial score (nSPS) is 14.5. The van der Waals surface area contributed by atoms with Crippen molar-refractivity contribution in [3.8, 4) is 0 Å². The molecule has 0 aliphatic carbocycles. The Morgan fingerprint density at radius 2 is 2.00 bits per heavy atom. The van der Waals surface area contributed by atoms with Crippen molar-refractivity contribution in [2.24, 2.45) is 0 Å². The fourth-order valence-corrected chi connectivity index (χ4v) is 0.774. The Labute approximate surface area is 71.4 Å². The molecule has 0 spiro atoms. The fourth-order valence-electron chi connectivity index (χ4n) is 0.774. The van der Waals surface area contributed by atoms with Crippen LogP contribution < -0.4 is 0 Å². The van der Waals surface area contributed by atoms with Crippen molar-refractivity contribution in [2.45, 2.75) is 12.3 Å². The number of rotatable bonds is 2. The fraction of sp³-hybridized carbons (Fsp3) is 0.429. The van der Waals surface area contributed by atoms with E-state index in [0.29, 0.717) is 6.07 Å². The monoisotopic (exact) mass is 196 g/mol. The predicted octanol–water partition coefficient (Wildman–Crippen LogP) is 1.32. The second kappa shape index (κ2) is 3.39. The van der Waals surface area contributed by atoms with Crippen molar-refractivity contribution in [1.82, 2.24) is 0 Å². The zero-order valence-electron chi connectivity index (χ0n) is 6.38. The Morgan fingerprint density at radius 1 is 1.38 bits per heavy atom. The van der Waals surface area contributed by atoms with Gasteiger partial charge in [-0.1, -0.05) is 0 Å². The summed E-state index contributed by atoms with van der Waals surface area (Å²) in [6.45, 7) is -0.676. The molecule has 74 valence electrons. The van der Waals surface area contributed by atoms with Crippen LogP contribution >= 0.6 is 0 Å². The van der Waals surface area contributed by atoms with Gasteiger partial charge in [-0.2, -0.15) is 13.2 Å². The Hall–Kier alpha value is -1.01. The zero-order chi connectivity index (χ0) is 10.1. The maximum Gasteiger partial charge on any atom is 0.449 e. The third-order valence-corrected chi connectivity index (χ3v) is 1.41. The summed E-state index contributed by atoms with van der Waals surface area (Å²) in [7, 11) is 0. The molecule has 1 heterocycles. The topological polar surface area (TPSA) is 53.6 Å². The lowest BCUT2D eigenvalue weighted by molar-refractivity contribution is -0.154. The first kappa shape index (κ1) is 10.1. The molecule has 0 aromatic carbocycles. The van der Waals surface area contributed by atoms with E-state index in [1.807, 2.05) is 0 Å². The summed E-state index contributed by atoms with van der Waals surface area (Å²) in [5, 5.41) is 17.3. The molecule has 0 saturated heterocycles. The second-order valence-electron chi connectivity index (χ2n) is 2.40.